The van der Waals surface area contributed by atoms with E-state index in [4.69, 9.17) is 11.6 Å². The van der Waals surface area contributed by atoms with Crippen molar-refractivity contribution < 1.29 is 0 Å². The van der Waals surface area contributed by atoms with Crippen molar-refractivity contribution in [2.75, 3.05) is 0 Å². The highest BCUT2D eigenvalue weighted by atomic mass is 35.5. The highest BCUT2D eigenvalue weighted by Crippen LogP contribution is 2.18. The molecule has 17 heavy (non-hydrogen) atoms. The Bertz CT molecular complexity index is 725. The molecule has 0 bridgehead atoms. The van der Waals surface area contributed by atoms with Crippen molar-refractivity contribution in [3.8, 4) is 5.69 Å². The number of nitrogens with one attached hydrogen (secondary N) is 1. The van der Waals surface area contributed by atoms with E-state index in [2.05, 4.69) is 4.98 Å². The monoisotopic (exact) mass is 244 g/mol. The van der Waals surface area contributed by atoms with Gasteiger partial charge in [0.1, 0.15) is 5.52 Å². The van der Waals surface area contributed by atoms with Gasteiger partial charge in [-0.3, -0.25) is 4.79 Å². The Hall–Kier alpha value is -2.00. The minimum absolute atomic E-state index is 0.0950. The third-order valence-corrected chi connectivity index (χ3v) is 2.97. The molecular weight excluding hydrogens is 236 g/mol. The number of hydrogen-bond donors (Lipinski definition) is 1. The lowest BCUT2D eigenvalue weighted by molar-refractivity contribution is 1.10. The van der Waals surface area contributed by atoms with E-state index in [0.717, 1.165) is 11.1 Å². The molecule has 0 saturated carbocycles. The van der Waals surface area contributed by atoms with Gasteiger partial charge in [-0.05, 0) is 36.4 Å². The summed E-state index contributed by atoms with van der Waals surface area (Å²) in [5.74, 6) is 0. The Labute approximate surface area is 102 Å². The number of H-pyrrole nitrogens is 1. The number of aromatic nitrogens is 2. The average Bonchev–Trinajstić information content (AvgIpc) is 2.75. The number of nitrogens with zero attached hydrogens (tertiary/aromatic N) is 1. The lowest BCUT2D eigenvalue weighted by atomic mass is 10.3. The van der Waals surface area contributed by atoms with Crippen LogP contribution in [-0.4, -0.2) is 9.55 Å². The van der Waals surface area contributed by atoms with Gasteiger partial charge in [-0.2, -0.15) is 0 Å². The number of benzene rings is 1. The summed E-state index contributed by atoms with van der Waals surface area (Å²) in [7, 11) is 0. The van der Waals surface area contributed by atoms with Crippen molar-refractivity contribution in [3.63, 3.8) is 0 Å². The maximum atomic E-state index is 11.8. The van der Waals surface area contributed by atoms with E-state index in [1.165, 1.54) is 0 Å². The van der Waals surface area contributed by atoms with Gasteiger partial charge in [0.25, 0.3) is 5.56 Å². The molecule has 0 amide bonds. The second-order valence-electron chi connectivity index (χ2n) is 3.77. The molecular formula is C13H9ClN2O. The second kappa shape index (κ2) is 3.79. The molecule has 2 aromatic heterocycles. The van der Waals surface area contributed by atoms with Crippen molar-refractivity contribution in [2.45, 2.75) is 0 Å². The maximum absolute atomic E-state index is 11.8. The van der Waals surface area contributed by atoms with Crippen LogP contribution in [0.2, 0.25) is 5.02 Å². The van der Waals surface area contributed by atoms with Gasteiger partial charge >= 0.3 is 0 Å². The fourth-order valence-electron chi connectivity index (χ4n) is 1.91. The summed E-state index contributed by atoms with van der Waals surface area (Å²) in [5.41, 5.74) is 1.47. The van der Waals surface area contributed by atoms with Gasteiger partial charge in [-0.25, -0.2) is 0 Å². The van der Waals surface area contributed by atoms with E-state index < -0.39 is 0 Å². The average molecular weight is 245 g/mol. The van der Waals surface area contributed by atoms with Crippen LogP contribution >= 0.6 is 11.6 Å². The molecule has 0 aliphatic heterocycles. The van der Waals surface area contributed by atoms with Crippen LogP contribution in [0.4, 0.5) is 0 Å². The van der Waals surface area contributed by atoms with Crippen LogP contribution in [0.3, 0.4) is 0 Å². The number of hydrogen-bond acceptors (Lipinski definition) is 1. The predicted octanol–water partition coefficient (Wildman–Crippen LogP) is 2.97. The molecule has 0 spiro atoms. The zero-order chi connectivity index (χ0) is 11.8. The maximum Gasteiger partial charge on any atom is 0.272 e. The van der Waals surface area contributed by atoms with Crippen molar-refractivity contribution in [1.82, 2.24) is 9.55 Å². The first-order chi connectivity index (χ1) is 8.25. The van der Waals surface area contributed by atoms with E-state index in [0.29, 0.717) is 10.5 Å². The normalized spacial score (nSPS) is 10.9. The molecule has 1 aromatic carbocycles. The first-order valence-electron chi connectivity index (χ1n) is 5.20. The SMILES string of the molecule is O=c1[nH]ccc2ccn(-c3ccc(Cl)cc3)c12. The first-order valence-corrected chi connectivity index (χ1v) is 5.58. The van der Waals surface area contributed by atoms with Crippen LogP contribution in [0.25, 0.3) is 16.6 Å². The van der Waals surface area contributed by atoms with Gasteiger partial charge in [0.2, 0.25) is 0 Å². The Kier molecular flexibility index (Phi) is 2.27. The molecule has 0 unspecified atom stereocenters. The zero-order valence-electron chi connectivity index (χ0n) is 8.85. The standard InChI is InChI=1S/C13H9ClN2O/c14-10-1-3-11(4-2-10)16-8-6-9-5-7-15-13(17)12(9)16/h1-8H,(H,15,17). The van der Waals surface area contributed by atoms with Crippen LogP contribution in [0.15, 0.2) is 53.6 Å². The summed E-state index contributed by atoms with van der Waals surface area (Å²) in [6.07, 6.45) is 3.53. The molecule has 3 aromatic rings. The molecule has 0 atom stereocenters. The van der Waals surface area contributed by atoms with Crippen LogP contribution < -0.4 is 5.56 Å². The number of halogens is 1. The van der Waals surface area contributed by atoms with Gasteiger partial charge in [0.15, 0.2) is 0 Å². The summed E-state index contributed by atoms with van der Waals surface area (Å²) in [5, 5.41) is 1.60. The Balaban J connectivity index is 2.31. The van der Waals surface area contributed by atoms with Gasteiger partial charge in [0.05, 0.1) is 0 Å². The molecule has 2 heterocycles. The molecule has 0 radical (unpaired) electrons. The van der Waals surface area contributed by atoms with Crippen LogP contribution in [0, 0.1) is 0 Å². The minimum atomic E-state index is -0.0950. The van der Waals surface area contributed by atoms with Crippen LogP contribution in [0.1, 0.15) is 0 Å². The third kappa shape index (κ3) is 1.65. The molecule has 1 N–H and O–H groups in total. The largest absolute Gasteiger partial charge is 0.327 e. The van der Waals surface area contributed by atoms with Crippen LogP contribution in [-0.2, 0) is 0 Å². The number of rotatable bonds is 1. The Morgan fingerprint density at radius 3 is 2.59 bits per heavy atom. The summed E-state index contributed by atoms with van der Waals surface area (Å²) in [4.78, 5) is 14.5. The molecule has 0 aliphatic rings. The van der Waals surface area contributed by atoms with Gasteiger partial charge in [-0.15, -0.1) is 0 Å². The highest BCUT2D eigenvalue weighted by molar-refractivity contribution is 6.30. The van der Waals surface area contributed by atoms with E-state index >= 15 is 0 Å². The lowest BCUT2D eigenvalue weighted by Crippen LogP contribution is -2.08. The third-order valence-electron chi connectivity index (χ3n) is 2.71. The van der Waals surface area contributed by atoms with E-state index in [1.54, 1.807) is 18.3 Å². The minimum Gasteiger partial charge on any atom is -0.327 e. The van der Waals surface area contributed by atoms with Crippen molar-refractivity contribution >= 4 is 22.5 Å². The fourth-order valence-corrected chi connectivity index (χ4v) is 2.04. The predicted molar refractivity (Wildman–Crippen MR) is 68.9 cm³/mol. The second-order valence-corrected chi connectivity index (χ2v) is 4.21. The molecule has 0 aliphatic carbocycles. The van der Waals surface area contributed by atoms with Crippen molar-refractivity contribution in [2.24, 2.45) is 0 Å². The summed E-state index contributed by atoms with van der Waals surface area (Å²) in [6.45, 7) is 0. The van der Waals surface area contributed by atoms with E-state index in [1.807, 2.05) is 35.0 Å². The highest BCUT2D eigenvalue weighted by Gasteiger charge is 2.05. The van der Waals surface area contributed by atoms with Gasteiger partial charge in [-0.1, -0.05) is 11.6 Å². The summed E-state index contributed by atoms with van der Waals surface area (Å²) in [6, 6.07) is 11.2. The topological polar surface area (TPSA) is 37.8 Å². The first kappa shape index (κ1) is 10.2. The lowest BCUT2D eigenvalue weighted by Gasteiger charge is -2.04. The fraction of sp³-hybridized carbons (Fsp3) is 0. The summed E-state index contributed by atoms with van der Waals surface area (Å²) >= 11 is 5.85. The molecule has 4 heteroatoms. The molecule has 0 fully saturated rings. The van der Waals surface area contributed by atoms with Crippen molar-refractivity contribution in [3.05, 3.63) is 64.2 Å². The quantitative estimate of drug-likeness (QED) is 0.702. The van der Waals surface area contributed by atoms with E-state index in [-0.39, 0.29) is 5.56 Å². The number of pyridine rings is 1. The molecule has 3 nitrogen and oxygen atoms in total. The van der Waals surface area contributed by atoms with E-state index in [9.17, 15) is 4.79 Å². The summed E-state index contributed by atoms with van der Waals surface area (Å²) < 4.78 is 1.85. The molecule has 0 saturated heterocycles. The van der Waals surface area contributed by atoms with Crippen molar-refractivity contribution in [1.29, 1.82) is 0 Å². The number of fused-ring (bicyclic) bond motifs is 1. The Morgan fingerprint density at radius 1 is 1.06 bits per heavy atom. The van der Waals surface area contributed by atoms with Gasteiger partial charge < -0.3 is 9.55 Å². The van der Waals surface area contributed by atoms with Gasteiger partial charge in [0, 0.05) is 28.5 Å². The Morgan fingerprint density at radius 2 is 1.82 bits per heavy atom. The molecule has 84 valence electrons. The number of aromatic amines is 1. The smallest absolute Gasteiger partial charge is 0.272 e. The molecule has 3 rings (SSSR count). The van der Waals surface area contributed by atoms with Crippen LogP contribution in [0.5, 0.6) is 0 Å². The zero-order valence-corrected chi connectivity index (χ0v) is 9.61.